The van der Waals surface area contributed by atoms with Crippen LogP contribution < -0.4 is 42.2 Å². The number of nitrogens with one attached hydrogen (secondary N) is 4. The van der Waals surface area contributed by atoms with Crippen LogP contribution in [0, 0.1) is 0 Å². The summed E-state index contributed by atoms with van der Waals surface area (Å²) in [4.78, 5) is 80.7. The van der Waals surface area contributed by atoms with Crippen LogP contribution in [0.1, 0.15) is 51.3 Å². The SMILES string of the molecule is CC(=O)N[C@@H](CCS(C)=O)C(=O)N(C)[C@@H]1C(=O)N[C@@H](C)C(=O)N[C@H](C(=O)N[C@@H](C)C(C)=O)Cc2ccc(OCCN)c(c2)-c2cc1ccc2OCCN. The predicted octanol–water partition coefficient (Wildman–Crippen LogP) is -0.559. The Labute approximate surface area is 311 Å². The lowest BCUT2D eigenvalue weighted by atomic mass is 9.93. The number of fused-ring (bicyclic) bond motifs is 5. The Bertz CT molecular complexity index is 1710. The molecule has 0 fully saturated rings. The molecule has 53 heavy (non-hydrogen) atoms. The molecule has 0 aliphatic carbocycles. The number of rotatable bonds is 15. The molecule has 2 aromatic carbocycles. The van der Waals surface area contributed by atoms with Crippen LogP contribution >= 0.6 is 0 Å². The van der Waals surface area contributed by atoms with Crippen molar-refractivity contribution < 1.29 is 42.4 Å². The molecule has 1 aliphatic rings. The summed E-state index contributed by atoms with van der Waals surface area (Å²) in [5.41, 5.74) is 13.4. The summed E-state index contributed by atoms with van der Waals surface area (Å²) >= 11 is 0. The van der Waals surface area contributed by atoms with Crippen LogP contribution in [-0.2, 0) is 46.0 Å². The molecule has 4 bridgehead atoms. The van der Waals surface area contributed by atoms with Gasteiger partial charge in [0.25, 0.3) is 0 Å². The van der Waals surface area contributed by atoms with Gasteiger partial charge in [-0.25, -0.2) is 0 Å². The molecule has 6 atom stereocenters. The minimum Gasteiger partial charge on any atom is -0.492 e. The number of nitrogens with zero attached hydrogens (tertiary/aromatic N) is 1. The Balaban J connectivity index is 2.30. The fourth-order valence-corrected chi connectivity index (χ4v) is 6.23. The van der Waals surface area contributed by atoms with Crippen LogP contribution in [0.5, 0.6) is 11.5 Å². The van der Waals surface area contributed by atoms with E-state index >= 15 is 0 Å². The smallest absolute Gasteiger partial charge is 0.248 e. The van der Waals surface area contributed by atoms with Crippen molar-refractivity contribution in [3.8, 4) is 22.6 Å². The van der Waals surface area contributed by atoms with Crippen LogP contribution in [-0.4, -0.2) is 114 Å². The van der Waals surface area contributed by atoms with Gasteiger partial charge in [0.05, 0.1) is 6.04 Å². The van der Waals surface area contributed by atoms with Crippen molar-refractivity contribution in [2.24, 2.45) is 11.5 Å². The van der Waals surface area contributed by atoms with Crippen molar-refractivity contribution >= 4 is 46.1 Å². The van der Waals surface area contributed by atoms with Gasteiger partial charge in [-0.3, -0.25) is 33.0 Å². The van der Waals surface area contributed by atoms with Crippen molar-refractivity contribution in [1.29, 1.82) is 0 Å². The maximum atomic E-state index is 14.3. The second kappa shape index (κ2) is 19.8. The molecule has 0 saturated carbocycles. The molecule has 2 aromatic rings. The summed E-state index contributed by atoms with van der Waals surface area (Å²) in [6.07, 6.45) is 1.51. The number of hydrogen-bond donors (Lipinski definition) is 6. The van der Waals surface area contributed by atoms with E-state index in [4.69, 9.17) is 20.9 Å². The zero-order valence-electron chi connectivity index (χ0n) is 31.0. The van der Waals surface area contributed by atoms with Crippen molar-refractivity contribution in [3.63, 3.8) is 0 Å². The zero-order valence-corrected chi connectivity index (χ0v) is 31.8. The second-order valence-electron chi connectivity index (χ2n) is 12.9. The highest BCUT2D eigenvalue weighted by molar-refractivity contribution is 7.84. The van der Waals surface area contributed by atoms with E-state index < -0.39 is 70.5 Å². The molecule has 0 radical (unpaired) electrons. The van der Waals surface area contributed by atoms with Gasteiger partial charge >= 0.3 is 0 Å². The first-order chi connectivity index (χ1) is 25.1. The molecule has 0 spiro atoms. The van der Waals surface area contributed by atoms with E-state index in [2.05, 4.69) is 21.3 Å². The predicted molar refractivity (Wildman–Crippen MR) is 199 cm³/mol. The van der Waals surface area contributed by atoms with Gasteiger partial charge in [-0.2, -0.15) is 0 Å². The highest BCUT2D eigenvalue weighted by Gasteiger charge is 2.36. The van der Waals surface area contributed by atoms with Crippen LogP contribution in [0.15, 0.2) is 36.4 Å². The first kappa shape index (κ1) is 42.5. The number of carbonyl (C=O) groups is 6. The molecule has 1 heterocycles. The maximum absolute atomic E-state index is 14.3. The average molecular weight is 758 g/mol. The minimum absolute atomic E-state index is 0.00132. The number of Topliss-reactive ketones (excluding diaryl/α,β-unsaturated/α-hetero) is 1. The summed E-state index contributed by atoms with van der Waals surface area (Å²) in [6, 6.07) is 4.42. The number of amides is 5. The molecule has 1 aliphatic heterocycles. The fourth-order valence-electron chi connectivity index (χ4n) is 5.66. The topological polar surface area (TPSA) is 241 Å². The Morgan fingerprint density at radius 3 is 2.11 bits per heavy atom. The van der Waals surface area contributed by atoms with Gasteiger partial charge in [0, 0.05) is 67.4 Å². The molecular formula is C36H51N7O9S. The van der Waals surface area contributed by atoms with E-state index in [1.54, 1.807) is 36.4 Å². The molecule has 0 saturated heterocycles. The summed E-state index contributed by atoms with van der Waals surface area (Å²) in [5.74, 6) is -2.60. The highest BCUT2D eigenvalue weighted by atomic mass is 32.2. The number of likely N-dealkylation sites (N-methyl/N-ethyl adjacent to an activating group) is 1. The van der Waals surface area contributed by atoms with Crippen molar-refractivity contribution in [2.45, 2.75) is 70.7 Å². The molecule has 5 amide bonds. The summed E-state index contributed by atoms with van der Waals surface area (Å²) in [5, 5.41) is 10.6. The van der Waals surface area contributed by atoms with E-state index in [1.165, 1.54) is 41.0 Å². The van der Waals surface area contributed by atoms with Gasteiger partial charge in [0.2, 0.25) is 29.5 Å². The van der Waals surface area contributed by atoms with E-state index in [0.717, 1.165) is 4.90 Å². The third kappa shape index (κ3) is 11.8. The molecular weight excluding hydrogens is 707 g/mol. The number of ether oxygens (including phenoxy) is 2. The van der Waals surface area contributed by atoms with Crippen LogP contribution in [0.25, 0.3) is 11.1 Å². The Morgan fingerprint density at radius 1 is 0.943 bits per heavy atom. The van der Waals surface area contributed by atoms with Crippen LogP contribution in [0.3, 0.4) is 0 Å². The average Bonchev–Trinajstić information content (AvgIpc) is 3.10. The summed E-state index contributed by atoms with van der Waals surface area (Å²) < 4.78 is 24.0. The van der Waals surface area contributed by atoms with Gasteiger partial charge in [-0.05, 0) is 62.6 Å². The normalized spacial score (nSPS) is 18.9. The maximum Gasteiger partial charge on any atom is 0.248 e. The van der Waals surface area contributed by atoms with Crippen molar-refractivity contribution in [3.05, 3.63) is 47.5 Å². The molecule has 1 unspecified atom stereocenters. The lowest BCUT2D eigenvalue weighted by Gasteiger charge is -2.32. The van der Waals surface area contributed by atoms with Crippen LogP contribution in [0.4, 0.5) is 0 Å². The quantitative estimate of drug-likeness (QED) is 0.135. The minimum atomic E-state index is -1.36. The third-order valence-corrected chi connectivity index (χ3v) is 9.36. The van der Waals surface area contributed by atoms with Crippen LogP contribution in [0.2, 0.25) is 0 Å². The molecule has 8 N–H and O–H groups in total. The number of ketones is 1. The van der Waals surface area contributed by atoms with Crippen molar-refractivity contribution in [2.75, 3.05) is 45.4 Å². The van der Waals surface area contributed by atoms with E-state index in [-0.39, 0.29) is 50.7 Å². The lowest BCUT2D eigenvalue weighted by Crippen LogP contribution is -2.56. The first-order valence-electron chi connectivity index (χ1n) is 17.3. The van der Waals surface area contributed by atoms with Gasteiger partial charge in [-0.15, -0.1) is 0 Å². The number of hydrogen-bond acceptors (Lipinski definition) is 11. The zero-order chi connectivity index (χ0) is 39.4. The van der Waals surface area contributed by atoms with Gasteiger partial charge in [0.1, 0.15) is 48.9 Å². The Hall–Kier alpha value is -4.87. The van der Waals surface area contributed by atoms with Gasteiger partial charge < -0.3 is 47.1 Å². The number of nitrogens with two attached hydrogens (primary N) is 2. The molecule has 16 nitrogen and oxygen atoms in total. The third-order valence-electron chi connectivity index (χ3n) is 8.55. The number of benzene rings is 2. The van der Waals surface area contributed by atoms with E-state index in [0.29, 0.717) is 33.8 Å². The lowest BCUT2D eigenvalue weighted by molar-refractivity contribution is -0.142. The standard InChI is InChI=1S/C36H51N7O9S/c1-20(22(3)44)39-34(47)29-18-24-7-9-30(51-14-12-37)26(17-24)27-19-25(8-10-31(27)52-15-13-38)32(35(48)40-21(2)33(46)42-29)43(5)36(49)28(41-23(4)45)11-16-53(6)50/h7-10,17,19-21,28-29,32H,11-16,18,37-38H2,1-6H3,(H,39,47)(H,40,48)(H,41,45)(H,42,46)/t20-,21-,28-,29-,32-,53?/m0/s1. The highest BCUT2D eigenvalue weighted by Crippen LogP contribution is 2.40. The second-order valence-corrected chi connectivity index (χ2v) is 14.4. The summed E-state index contributed by atoms with van der Waals surface area (Å²) in [7, 11) is 0.115. The van der Waals surface area contributed by atoms with E-state index in [9.17, 15) is 33.0 Å². The first-order valence-corrected chi connectivity index (χ1v) is 19.0. The molecule has 0 aromatic heterocycles. The molecule has 3 rings (SSSR count). The van der Waals surface area contributed by atoms with Gasteiger partial charge in [-0.1, -0.05) is 12.1 Å². The van der Waals surface area contributed by atoms with Crippen molar-refractivity contribution in [1.82, 2.24) is 26.2 Å². The van der Waals surface area contributed by atoms with Gasteiger partial charge in [0.15, 0.2) is 5.78 Å². The summed E-state index contributed by atoms with van der Waals surface area (Å²) in [6.45, 7) is 6.24. The molecule has 17 heteroatoms. The molecule has 290 valence electrons. The number of carbonyl (C=O) groups excluding carboxylic acids is 6. The largest absolute Gasteiger partial charge is 0.492 e. The fraction of sp³-hybridized carbons (Fsp3) is 0.500. The Morgan fingerprint density at radius 2 is 1.55 bits per heavy atom. The van der Waals surface area contributed by atoms with E-state index in [1.807, 2.05) is 0 Å². The monoisotopic (exact) mass is 757 g/mol. The Kier molecular flexibility index (Phi) is 15.9.